The summed E-state index contributed by atoms with van der Waals surface area (Å²) in [5.41, 5.74) is 0.308. The fraction of sp³-hybridized carbons (Fsp3) is 0.600. The van der Waals surface area contributed by atoms with Crippen molar-refractivity contribution in [1.29, 1.82) is 0 Å². The van der Waals surface area contributed by atoms with Crippen LogP contribution in [-0.2, 0) is 0 Å². The fourth-order valence-corrected chi connectivity index (χ4v) is 3.02. The predicted octanol–water partition coefficient (Wildman–Crippen LogP) is 4.45. The van der Waals surface area contributed by atoms with Crippen molar-refractivity contribution in [3.8, 4) is 0 Å². The molecule has 1 aromatic carbocycles. The molecule has 22 heavy (non-hydrogen) atoms. The normalized spacial score (nSPS) is 16.8. The zero-order chi connectivity index (χ0) is 14.7. The maximum absolute atomic E-state index is 14.2. The molecule has 128 valence electrons. The van der Waals surface area contributed by atoms with E-state index < -0.39 is 11.6 Å². The summed E-state index contributed by atoms with van der Waals surface area (Å²) in [6, 6.07) is 2.09. The van der Waals surface area contributed by atoms with Crippen LogP contribution in [0.5, 0.6) is 0 Å². The predicted molar refractivity (Wildman–Crippen MR) is 92.5 cm³/mol. The summed E-state index contributed by atoms with van der Waals surface area (Å²) < 4.78 is 27.9. The maximum atomic E-state index is 14.2. The number of nitrogens with one attached hydrogen (secondary N) is 1. The number of nitrogens with zero attached hydrogens (tertiary/aromatic N) is 1. The van der Waals surface area contributed by atoms with Crippen molar-refractivity contribution in [3.63, 3.8) is 0 Å². The molecule has 1 aliphatic rings. The number of hydrogen-bond acceptors (Lipinski definition) is 2. The average Bonchev–Trinajstić information content (AvgIpc) is 2.43. The summed E-state index contributed by atoms with van der Waals surface area (Å²) in [6.45, 7) is 7.54. The van der Waals surface area contributed by atoms with Crippen LogP contribution in [0.3, 0.4) is 0 Å². The van der Waals surface area contributed by atoms with E-state index in [9.17, 15) is 8.78 Å². The van der Waals surface area contributed by atoms with Crippen LogP contribution in [0.15, 0.2) is 12.1 Å². The second kappa shape index (κ2) is 9.89. The van der Waals surface area contributed by atoms with E-state index in [-0.39, 0.29) is 35.9 Å². The largest absolute Gasteiger partial charge is 0.314 e. The Bertz CT molecular complexity index is 466. The summed E-state index contributed by atoms with van der Waals surface area (Å²) in [7, 11) is 0. The van der Waals surface area contributed by atoms with Gasteiger partial charge in [0.25, 0.3) is 0 Å². The minimum absolute atomic E-state index is 0. The van der Waals surface area contributed by atoms with Gasteiger partial charge in [0.1, 0.15) is 11.6 Å². The summed E-state index contributed by atoms with van der Waals surface area (Å²) >= 11 is 6.04. The van der Waals surface area contributed by atoms with Crippen LogP contribution in [0.2, 0.25) is 5.02 Å². The highest BCUT2D eigenvalue weighted by atomic mass is 35.5. The second-order valence-corrected chi connectivity index (χ2v) is 6.07. The van der Waals surface area contributed by atoms with Gasteiger partial charge in [-0.2, -0.15) is 0 Å². The summed E-state index contributed by atoms with van der Waals surface area (Å²) in [5.74, 6) is -0.582. The van der Waals surface area contributed by atoms with Crippen molar-refractivity contribution in [2.45, 2.75) is 26.3 Å². The molecule has 2 nitrogen and oxygen atoms in total. The molecule has 0 amide bonds. The highest BCUT2D eigenvalue weighted by molar-refractivity contribution is 6.31. The third-order valence-electron chi connectivity index (χ3n) is 3.70. The molecule has 2 rings (SSSR count). The van der Waals surface area contributed by atoms with Crippen LogP contribution < -0.4 is 5.32 Å². The molecule has 1 fully saturated rings. The van der Waals surface area contributed by atoms with Gasteiger partial charge in [0, 0.05) is 37.8 Å². The molecule has 1 atom stereocenters. The molecule has 0 bridgehead atoms. The third-order valence-corrected chi connectivity index (χ3v) is 4.08. The standard InChI is InChI=1S/C15H21ClF2N2.2ClH/c1-10(2)9-13(20-7-5-19-6-8-20)14-11(17)3-4-12(18)15(14)16;;/h3-4,10,13,19H,5-9H2,1-2H3;2*1H/t13-;;/m1../s1. The molecule has 0 radical (unpaired) electrons. The molecule has 7 heteroatoms. The van der Waals surface area contributed by atoms with Gasteiger partial charge in [-0.15, -0.1) is 24.8 Å². The van der Waals surface area contributed by atoms with Gasteiger partial charge in [-0.3, -0.25) is 4.90 Å². The van der Waals surface area contributed by atoms with Crippen molar-refractivity contribution in [1.82, 2.24) is 10.2 Å². The number of hydrogen-bond donors (Lipinski definition) is 1. The van der Waals surface area contributed by atoms with Crippen LogP contribution in [0.1, 0.15) is 31.9 Å². The zero-order valence-electron chi connectivity index (χ0n) is 12.7. The lowest BCUT2D eigenvalue weighted by atomic mass is 9.94. The summed E-state index contributed by atoms with van der Waals surface area (Å²) in [6.07, 6.45) is 0.764. The number of halogens is 5. The Hall–Kier alpha value is -0.130. The van der Waals surface area contributed by atoms with Gasteiger partial charge in [0.05, 0.1) is 5.02 Å². The minimum atomic E-state index is -0.549. The van der Waals surface area contributed by atoms with Gasteiger partial charge in [-0.05, 0) is 24.5 Å². The topological polar surface area (TPSA) is 15.3 Å². The van der Waals surface area contributed by atoms with E-state index in [1.807, 2.05) is 0 Å². The highest BCUT2D eigenvalue weighted by Gasteiger charge is 2.28. The van der Waals surface area contributed by atoms with Gasteiger partial charge < -0.3 is 5.32 Å². The molecule has 1 aliphatic heterocycles. The Kier molecular flexibility index (Phi) is 9.83. The Labute approximate surface area is 148 Å². The maximum Gasteiger partial charge on any atom is 0.142 e. The van der Waals surface area contributed by atoms with Crippen molar-refractivity contribution < 1.29 is 8.78 Å². The van der Waals surface area contributed by atoms with Crippen LogP contribution in [0, 0.1) is 17.6 Å². The van der Waals surface area contributed by atoms with E-state index in [1.165, 1.54) is 6.07 Å². The van der Waals surface area contributed by atoms with E-state index in [2.05, 4.69) is 24.1 Å². The lowest BCUT2D eigenvalue weighted by molar-refractivity contribution is 0.151. The van der Waals surface area contributed by atoms with Crippen LogP contribution in [0.4, 0.5) is 8.78 Å². The molecule has 1 heterocycles. The molecule has 1 N–H and O–H groups in total. The minimum Gasteiger partial charge on any atom is -0.314 e. The molecule has 1 saturated heterocycles. The van der Waals surface area contributed by atoms with Crippen LogP contribution in [0.25, 0.3) is 0 Å². The SMILES string of the molecule is CC(C)C[C@H](c1c(F)ccc(F)c1Cl)N1CCNCC1.Cl.Cl. The lowest BCUT2D eigenvalue weighted by Crippen LogP contribution is -2.45. The number of piperazine rings is 1. The number of benzene rings is 1. The average molecular weight is 376 g/mol. The third kappa shape index (κ3) is 5.20. The van der Waals surface area contributed by atoms with Gasteiger partial charge in [-0.1, -0.05) is 25.4 Å². The van der Waals surface area contributed by atoms with E-state index in [1.54, 1.807) is 0 Å². The van der Waals surface area contributed by atoms with Crippen LogP contribution >= 0.6 is 36.4 Å². The van der Waals surface area contributed by atoms with Crippen molar-refractivity contribution in [3.05, 3.63) is 34.4 Å². The van der Waals surface area contributed by atoms with Gasteiger partial charge in [0.15, 0.2) is 0 Å². The van der Waals surface area contributed by atoms with Gasteiger partial charge >= 0.3 is 0 Å². The summed E-state index contributed by atoms with van der Waals surface area (Å²) in [5, 5.41) is 3.20. The molecular weight excluding hydrogens is 353 g/mol. The second-order valence-electron chi connectivity index (χ2n) is 5.69. The Morgan fingerprint density at radius 1 is 1.14 bits per heavy atom. The highest BCUT2D eigenvalue weighted by Crippen LogP contribution is 2.36. The first kappa shape index (κ1) is 21.9. The first-order valence-corrected chi connectivity index (χ1v) is 7.46. The van der Waals surface area contributed by atoms with Crippen molar-refractivity contribution >= 4 is 36.4 Å². The molecule has 1 aromatic rings. The molecule has 0 spiro atoms. The molecule has 0 aromatic heterocycles. The van der Waals surface area contributed by atoms with E-state index >= 15 is 0 Å². The first-order chi connectivity index (χ1) is 9.50. The molecule has 0 saturated carbocycles. The van der Waals surface area contributed by atoms with Gasteiger partial charge in [-0.25, -0.2) is 8.78 Å². The van der Waals surface area contributed by atoms with Gasteiger partial charge in [0.2, 0.25) is 0 Å². The zero-order valence-corrected chi connectivity index (χ0v) is 15.1. The van der Waals surface area contributed by atoms with Crippen molar-refractivity contribution in [2.75, 3.05) is 26.2 Å². The Balaban J connectivity index is 0.00000220. The van der Waals surface area contributed by atoms with E-state index in [0.29, 0.717) is 11.5 Å². The van der Waals surface area contributed by atoms with E-state index in [4.69, 9.17) is 11.6 Å². The first-order valence-electron chi connectivity index (χ1n) is 7.09. The van der Waals surface area contributed by atoms with Crippen LogP contribution in [-0.4, -0.2) is 31.1 Å². The quantitative estimate of drug-likeness (QED) is 0.782. The smallest absolute Gasteiger partial charge is 0.142 e. The number of rotatable bonds is 4. The lowest BCUT2D eigenvalue weighted by Gasteiger charge is -2.36. The van der Waals surface area contributed by atoms with Crippen molar-refractivity contribution in [2.24, 2.45) is 5.92 Å². The summed E-state index contributed by atoms with van der Waals surface area (Å²) in [4.78, 5) is 2.19. The molecule has 0 unspecified atom stereocenters. The molecule has 0 aliphatic carbocycles. The molecular formula is C15H23Cl3F2N2. The monoisotopic (exact) mass is 374 g/mol. The Morgan fingerprint density at radius 2 is 1.68 bits per heavy atom. The van der Waals surface area contributed by atoms with E-state index in [0.717, 1.165) is 38.7 Å². The Morgan fingerprint density at radius 3 is 2.23 bits per heavy atom. The fourth-order valence-electron chi connectivity index (χ4n) is 2.74.